The molecule has 3 rings (SSSR count). The largest absolute Gasteiger partial charge is 0.481 e. The zero-order chi connectivity index (χ0) is 17.8. The molecule has 1 amide bonds. The third kappa shape index (κ3) is 4.53. The van der Waals surface area contributed by atoms with Crippen molar-refractivity contribution in [3.8, 4) is 5.75 Å². The summed E-state index contributed by atoms with van der Waals surface area (Å²) in [5, 5.41) is 3.39. The van der Waals surface area contributed by atoms with Crippen LogP contribution in [0.5, 0.6) is 5.75 Å². The average Bonchev–Trinajstić information content (AvgIpc) is 3.12. The molecule has 1 aromatic rings. The lowest BCUT2D eigenvalue weighted by atomic mass is 10.0. The van der Waals surface area contributed by atoms with Crippen molar-refractivity contribution in [1.82, 2.24) is 15.1 Å². The van der Waals surface area contributed by atoms with Crippen molar-refractivity contribution in [2.24, 2.45) is 0 Å². The first kappa shape index (κ1) is 18.2. The Morgan fingerprint density at radius 3 is 2.68 bits per heavy atom. The number of hydrogen-bond donors (Lipinski definition) is 1. The molecule has 2 unspecified atom stereocenters. The zero-order valence-electron chi connectivity index (χ0n) is 15.7. The molecule has 25 heavy (non-hydrogen) atoms. The van der Waals surface area contributed by atoms with Gasteiger partial charge in [0.2, 0.25) is 0 Å². The maximum atomic E-state index is 12.8. The lowest BCUT2D eigenvalue weighted by Gasteiger charge is -2.32. The minimum atomic E-state index is -0.441. The second-order valence-corrected chi connectivity index (χ2v) is 7.50. The minimum absolute atomic E-state index is 0.104. The van der Waals surface area contributed by atoms with Gasteiger partial charge in [-0.3, -0.25) is 9.69 Å². The molecule has 0 radical (unpaired) electrons. The predicted octanol–water partition coefficient (Wildman–Crippen LogP) is 2.08. The number of hydrogen-bond acceptors (Lipinski definition) is 4. The van der Waals surface area contributed by atoms with Gasteiger partial charge in [0, 0.05) is 45.3 Å². The molecule has 1 aromatic carbocycles. The van der Waals surface area contributed by atoms with Gasteiger partial charge in [-0.25, -0.2) is 0 Å². The monoisotopic (exact) mass is 345 g/mol. The van der Waals surface area contributed by atoms with Gasteiger partial charge in [-0.2, -0.15) is 0 Å². The molecule has 0 saturated carbocycles. The van der Waals surface area contributed by atoms with Crippen molar-refractivity contribution in [3.05, 3.63) is 29.8 Å². The van der Waals surface area contributed by atoms with Gasteiger partial charge in [-0.05, 0) is 37.0 Å². The molecular formula is C20H31N3O2. The van der Waals surface area contributed by atoms with Gasteiger partial charge in [-0.1, -0.05) is 26.0 Å². The number of piperazine rings is 1. The van der Waals surface area contributed by atoms with Crippen LogP contribution >= 0.6 is 0 Å². The Morgan fingerprint density at radius 1 is 1.20 bits per heavy atom. The summed E-state index contributed by atoms with van der Waals surface area (Å²) in [5.41, 5.74) is 1.23. The SMILES string of the molecule is CC(Oc1cccc(C(C)C)c1)C(=O)N1CCC(N2CCNCC2)C1. The van der Waals surface area contributed by atoms with E-state index in [0.717, 1.165) is 51.4 Å². The fourth-order valence-corrected chi connectivity index (χ4v) is 3.75. The van der Waals surface area contributed by atoms with E-state index in [-0.39, 0.29) is 5.91 Å². The van der Waals surface area contributed by atoms with Crippen LogP contribution in [0.1, 0.15) is 38.7 Å². The van der Waals surface area contributed by atoms with Crippen LogP contribution in [0.3, 0.4) is 0 Å². The van der Waals surface area contributed by atoms with Crippen LogP contribution in [-0.2, 0) is 4.79 Å². The highest BCUT2D eigenvalue weighted by molar-refractivity contribution is 5.81. The first-order valence-electron chi connectivity index (χ1n) is 9.55. The molecule has 138 valence electrons. The van der Waals surface area contributed by atoms with Crippen LogP contribution < -0.4 is 10.1 Å². The molecule has 0 aliphatic carbocycles. The summed E-state index contributed by atoms with van der Waals surface area (Å²) in [5.74, 6) is 1.34. The quantitative estimate of drug-likeness (QED) is 0.887. The second kappa shape index (κ2) is 8.19. The second-order valence-electron chi connectivity index (χ2n) is 7.50. The summed E-state index contributed by atoms with van der Waals surface area (Å²) in [6.07, 6.45) is 0.630. The van der Waals surface area contributed by atoms with Crippen LogP contribution in [0.2, 0.25) is 0 Å². The number of amides is 1. The van der Waals surface area contributed by atoms with Crippen molar-refractivity contribution in [3.63, 3.8) is 0 Å². The van der Waals surface area contributed by atoms with E-state index in [1.54, 1.807) is 0 Å². The highest BCUT2D eigenvalue weighted by Crippen LogP contribution is 2.22. The molecule has 2 fully saturated rings. The van der Waals surface area contributed by atoms with Gasteiger partial charge >= 0.3 is 0 Å². The topological polar surface area (TPSA) is 44.8 Å². The van der Waals surface area contributed by atoms with Crippen LogP contribution in [0.4, 0.5) is 0 Å². The zero-order valence-corrected chi connectivity index (χ0v) is 15.7. The highest BCUT2D eigenvalue weighted by atomic mass is 16.5. The highest BCUT2D eigenvalue weighted by Gasteiger charge is 2.33. The molecule has 1 N–H and O–H groups in total. The average molecular weight is 345 g/mol. The molecule has 5 heteroatoms. The lowest BCUT2D eigenvalue weighted by molar-refractivity contribution is -0.137. The van der Waals surface area contributed by atoms with Crippen LogP contribution in [0.15, 0.2) is 24.3 Å². The first-order chi connectivity index (χ1) is 12.0. The Bertz CT molecular complexity index is 584. The third-order valence-electron chi connectivity index (χ3n) is 5.33. The van der Waals surface area contributed by atoms with Gasteiger partial charge in [0.05, 0.1) is 0 Å². The standard InChI is InChI=1S/C20H31N3O2/c1-15(2)17-5-4-6-19(13-17)25-16(3)20(24)23-10-7-18(14-23)22-11-8-21-9-12-22/h4-6,13,15-16,18,21H,7-12,14H2,1-3H3. The number of ether oxygens (including phenoxy) is 1. The normalized spacial score (nSPS) is 23.0. The van der Waals surface area contributed by atoms with E-state index >= 15 is 0 Å². The minimum Gasteiger partial charge on any atom is -0.481 e. The van der Waals surface area contributed by atoms with Gasteiger partial charge in [0.25, 0.3) is 5.91 Å². The van der Waals surface area contributed by atoms with E-state index in [0.29, 0.717) is 12.0 Å². The van der Waals surface area contributed by atoms with E-state index < -0.39 is 6.10 Å². The Hall–Kier alpha value is -1.59. The predicted molar refractivity (Wildman–Crippen MR) is 100 cm³/mol. The fourth-order valence-electron chi connectivity index (χ4n) is 3.75. The van der Waals surface area contributed by atoms with Crippen LogP contribution in [-0.4, -0.2) is 67.1 Å². The van der Waals surface area contributed by atoms with E-state index in [2.05, 4.69) is 30.1 Å². The first-order valence-corrected chi connectivity index (χ1v) is 9.55. The Balaban J connectivity index is 1.55. The number of likely N-dealkylation sites (tertiary alicyclic amines) is 1. The van der Waals surface area contributed by atoms with Gasteiger partial charge in [-0.15, -0.1) is 0 Å². The summed E-state index contributed by atoms with van der Waals surface area (Å²) in [6.45, 7) is 12.1. The maximum Gasteiger partial charge on any atom is 0.263 e. The number of carbonyl (C=O) groups is 1. The van der Waals surface area contributed by atoms with Crippen LogP contribution in [0, 0.1) is 0 Å². The molecule has 0 aromatic heterocycles. The number of carbonyl (C=O) groups excluding carboxylic acids is 1. The number of nitrogens with zero attached hydrogens (tertiary/aromatic N) is 2. The fraction of sp³-hybridized carbons (Fsp3) is 0.650. The molecule has 2 aliphatic rings. The maximum absolute atomic E-state index is 12.8. The van der Waals surface area contributed by atoms with Crippen molar-refractivity contribution < 1.29 is 9.53 Å². The molecule has 2 aliphatic heterocycles. The van der Waals surface area contributed by atoms with E-state index in [9.17, 15) is 4.79 Å². The van der Waals surface area contributed by atoms with E-state index in [1.807, 2.05) is 30.0 Å². The van der Waals surface area contributed by atoms with Gasteiger partial charge in [0.1, 0.15) is 5.75 Å². The lowest BCUT2D eigenvalue weighted by Crippen LogP contribution is -2.50. The summed E-state index contributed by atoms with van der Waals surface area (Å²) in [6, 6.07) is 8.58. The Kier molecular flexibility index (Phi) is 5.97. The molecule has 2 atom stereocenters. The number of benzene rings is 1. The molecule has 5 nitrogen and oxygen atoms in total. The Labute approximate surface area is 151 Å². The smallest absolute Gasteiger partial charge is 0.263 e. The van der Waals surface area contributed by atoms with Crippen molar-refractivity contribution in [1.29, 1.82) is 0 Å². The van der Waals surface area contributed by atoms with Crippen LogP contribution in [0.25, 0.3) is 0 Å². The van der Waals surface area contributed by atoms with Gasteiger partial charge < -0.3 is 15.0 Å². The molecule has 0 spiro atoms. The summed E-state index contributed by atoms with van der Waals surface area (Å²) in [4.78, 5) is 17.3. The van der Waals surface area contributed by atoms with Crippen molar-refractivity contribution in [2.45, 2.75) is 45.3 Å². The van der Waals surface area contributed by atoms with E-state index in [1.165, 1.54) is 5.56 Å². The van der Waals surface area contributed by atoms with E-state index in [4.69, 9.17) is 4.74 Å². The molecule has 2 saturated heterocycles. The van der Waals surface area contributed by atoms with Crippen molar-refractivity contribution >= 4 is 5.91 Å². The summed E-state index contributed by atoms with van der Waals surface area (Å²) in [7, 11) is 0. The molecular weight excluding hydrogens is 314 g/mol. The number of rotatable bonds is 5. The van der Waals surface area contributed by atoms with Crippen molar-refractivity contribution in [2.75, 3.05) is 39.3 Å². The van der Waals surface area contributed by atoms with Gasteiger partial charge in [0.15, 0.2) is 6.10 Å². The molecule has 0 bridgehead atoms. The molecule has 2 heterocycles. The summed E-state index contributed by atoms with van der Waals surface area (Å²) < 4.78 is 5.95. The third-order valence-corrected chi connectivity index (χ3v) is 5.33. The summed E-state index contributed by atoms with van der Waals surface area (Å²) >= 11 is 0. The number of nitrogens with one attached hydrogen (secondary N) is 1. The Morgan fingerprint density at radius 2 is 1.96 bits per heavy atom.